The summed E-state index contributed by atoms with van der Waals surface area (Å²) in [6, 6.07) is 0. The van der Waals surface area contributed by atoms with E-state index in [1.165, 1.54) is 51.4 Å². The number of rotatable bonds is 0. The van der Waals surface area contributed by atoms with Crippen molar-refractivity contribution in [3.63, 3.8) is 0 Å². The predicted molar refractivity (Wildman–Crippen MR) is 107 cm³/mol. The Hall–Kier alpha value is -0.150. The Morgan fingerprint density at radius 3 is 0.920 bits per heavy atom. The van der Waals surface area contributed by atoms with E-state index in [1.807, 2.05) is 0 Å². The molecule has 3 heteroatoms. The van der Waals surface area contributed by atoms with E-state index in [-0.39, 0.29) is 4.70 Å². The van der Waals surface area contributed by atoms with Gasteiger partial charge in [-0.1, -0.05) is 53.4 Å². The molecule has 0 amide bonds. The molecular weight excluding hydrogens is 315 g/mol. The molecule has 1 aliphatic carbocycles. The highest BCUT2D eigenvalue weighted by Crippen LogP contribution is 2.27. The molecule has 3 rings (SSSR count). The summed E-state index contributed by atoms with van der Waals surface area (Å²) in [5, 5.41) is 0. The summed E-state index contributed by atoms with van der Waals surface area (Å²) in [5.74, 6) is 3.63. The van der Waals surface area contributed by atoms with Crippen LogP contribution < -0.4 is 0 Å². The first kappa shape index (κ1) is 24.8. The van der Waals surface area contributed by atoms with Crippen LogP contribution in [0.3, 0.4) is 0 Å². The molecular formula is C22H45FO2. The lowest BCUT2D eigenvalue weighted by Gasteiger charge is -2.23. The Kier molecular flexibility index (Phi) is 13.9. The Labute approximate surface area is 156 Å². The summed E-state index contributed by atoms with van der Waals surface area (Å²) in [7, 11) is 0. The molecule has 4 unspecified atom stereocenters. The van der Waals surface area contributed by atoms with Crippen molar-refractivity contribution < 1.29 is 14.2 Å². The van der Waals surface area contributed by atoms with Crippen LogP contribution in [0.5, 0.6) is 0 Å². The van der Waals surface area contributed by atoms with Crippen molar-refractivity contribution >= 4 is 0 Å². The maximum atomic E-state index is 5.39. The molecule has 0 spiro atoms. The van der Waals surface area contributed by atoms with Crippen LogP contribution in [0.25, 0.3) is 0 Å². The van der Waals surface area contributed by atoms with E-state index in [2.05, 4.69) is 41.5 Å². The molecule has 0 N–H and O–H groups in total. The van der Waals surface area contributed by atoms with Crippen LogP contribution in [0, 0.1) is 23.7 Å². The monoisotopic (exact) mass is 360 g/mol. The van der Waals surface area contributed by atoms with Crippen LogP contribution in [-0.4, -0.2) is 25.4 Å². The summed E-state index contributed by atoms with van der Waals surface area (Å²) in [6.45, 7) is 15.5. The van der Waals surface area contributed by atoms with Gasteiger partial charge in [-0.3, -0.25) is 4.70 Å². The quantitative estimate of drug-likeness (QED) is 0.483. The van der Waals surface area contributed by atoms with Crippen molar-refractivity contribution in [1.29, 1.82) is 0 Å². The first-order valence-electron chi connectivity index (χ1n) is 10.6. The number of halogens is 1. The Morgan fingerprint density at radius 2 is 0.720 bits per heavy atom. The maximum absolute atomic E-state index is 5.39. The largest absolute Gasteiger partial charge is 0.378 e. The van der Waals surface area contributed by atoms with E-state index in [9.17, 15) is 0 Å². The van der Waals surface area contributed by atoms with Gasteiger partial charge in [-0.05, 0) is 63.2 Å². The van der Waals surface area contributed by atoms with Crippen molar-refractivity contribution in [2.45, 2.75) is 105 Å². The Balaban J connectivity index is 0.000000339. The van der Waals surface area contributed by atoms with Crippen LogP contribution in [0.2, 0.25) is 0 Å². The molecule has 0 aromatic carbocycles. The van der Waals surface area contributed by atoms with Gasteiger partial charge in [-0.25, -0.2) is 0 Å². The number of hydrogen-bond acceptors (Lipinski definition) is 2. The van der Waals surface area contributed by atoms with Crippen molar-refractivity contribution in [1.82, 2.24) is 0 Å². The van der Waals surface area contributed by atoms with E-state index in [4.69, 9.17) is 9.47 Å². The standard InChI is InChI=1S/C8H16.2C7H14O.FH/c1-7-3-5-8(2)6-4-7;2*1-6-3-4-7(2)8-5-6;/h7-8H,3-6H2,1-2H3;2*6-7H,3-5H2,1-2H3;1H. The van der Waals surface area contributed by atoms with Crippen LogP contribution >= 0.6 is 0 Å². The molecule has 1 saturated carbocycles. The first-order chi connectivity index (χ1) is 11.4. The fourth-order valence-electron chi connectivity index (χ4n) is 3.46. The summed E-state index contributed by atoms with van der Waals surface area (Å²) in [4.78, 5) is 0. The number of hydrogen-bond donors (Lipinski definition) is 0. The summed E-state index contributed by atoms with van der Waals surface area (Å²) in [5.41, 5.74) is 0. The maximum Gasteiger partial charge on any atom is 0.0547 e. The van der Waals surface area contributed by atoms with Crippen molar-refractivity contribution in [3.05, 3.63) is 0 Å². The summed E-state index contributed by atoms with van der Waals surface area (Å²) in [6.07, 6.45) is 12.1. The zero-order chi connectivity index (χ0) is 17.9. The van der Waals surface area contributed by atoms with Gasteiger partial charge >= 0.3 is 0 Å². The minimum Gasteiger partial charge on any atom is -0.378 e. The molecule has 2 saturated heterocycles. The minimum absolute atomic E-state index is 0. The minimum atomic E-state index is 0. The summed E-state index contributed by atoms with van der Waals surface area (Å²) >= 11 is 0. The van der Waals surface area contributed by atoms with Gasteiger partial charge in [-0.15, -0.1) is 0 Å². The van der Waals surface area contributed by atoms with E-state index >= 15 is 0 Å². The molecule has 0 radical (unpaired) electrons. The molecule has 0 aromatic rings. The smallest absolute Gasteiger partial charge is 0.0547 e. The zero-order valence-corrected chi connectivity index (χ0v) is 17.8. The fraction of sp³-hybridized carbons (Fsp3) is 1.00. The second-order valence-electron chi connectivity index (χ2n) is 9.02. The molecule has 2 aliphatic heterocycles. The third-order valence-corrected chi connectivity index (χ3v) is 5.77. The van der Waals surface area contributed by atoms with Gasteiger partial charge in [0.15, 0.2) is 0 Å². The molecule has 25 heavy (non-hydrogen) atoms. The van der Waals surface area contributed by atoms with Gasteiger partial charge in [0.25, 0.3) is 0 Å². The molecule has 2 nitrogen and oxygen atoms in total. The van der Waals surface area contributed by atoms with Gasteiger partial charge in [0.1, 0.15) is 0 Å². The molecule has 2 heterocycles. The third kappa shape index (κ3) is 12.8. The molecule has 152 valence electrons. The average molecular weight is 361 g/mol. The van der Waals surface area contributed by atoms with E-state index in [0.717, 1.165) is 36.9 Å². The molecule has 0 bridgehead atoms. The highest BCUT2D eigenvalue weighted by Gasteiger charge is 2.14. The van der Waals surface area contributed by atoms with Gasteiger partial charge in [0.05, 0.1) is 12.2 Å². The van der Waals surface area contributed by atoms with Crippen molar-refractivity contribution in [2.24, 2.45) is 23.7 Å². The molecule has 3 aliphatic rings. The van der Waals surface area contributed by atoms with E-state index in [1.54, 1.807) is 0 Å². The predicted octanol–water partition coefficient (Wildman–Crippen LogP) is 6.63. The van der Waals surface area contributed by atoms with Gasteiger partial charge in [-0.2, -0.15) is 0 Å². The van der Waals surface area contributed by atoms with Crippen LogP contribution in [0.15, 0.2) is 0 Å². The van der Waals surface area contributed by atoms with E-state index < -0.39 is 0 Å². The first-order valence-corrected chi connectivity index (χ1v) is 10.6. The highest BCUT2D eigenvalue weighted by atomic mass is 19.0. The molecule has 4 atom stereocenters. The molecule has 3 fully saturated rings. The Morgan fingerprint density at radius 1 is 0.440 bits per heavy atom. The average Bonchev–Trinajstić information content (AvgIpc) is 2.57. The number of ether oxygens (including phenoxy) is 2. The SMILES string of the molecule is CC1CCC(C)CC1.CC1CCC(C)OC1.CC1CCC(C)OC1.F. The fourth-order valence-corrected chi connectivity index (χ4v) is 3.46. The van der Waals surface area contributed by atoms with Gasteiger partial charge in [0, 0.05) is 13.2 Å². The lowest BCUT2D eigenvalue weighted by Crippen LogP contribution is -2.21. The zero-order valence-electron chi connectivity index (χ0n) is 17.8. The normalized spacial score (nSPS) is 38.2. The van der Waals surface area contributed by atoms with Gasteiger partial charge < -0.3 is 9.47 Å². The lowest BCUT2D eigenvalue weighted by molar-refractivity contribution is 0.000174. The molecule has 0 aromatic heterocycles. The van der Waals surface area contributed by atoms with Crippen molar-refractivity contribution in [2.75, 3.05) is 13.2 Å². The van der Waals surface area contributed by atoms with Crippen LogP contribution in [0.4, 0.5) is 4.70 Å². The topological polar surface area (TPSA) is 18.5 Å². The van der Waals surface area contributed by atoms with Gasteiger partial charge in [0.2, 0.25) is 0 Å². The van der Waals surface area contributed by atoms with E-state index in [0.29, 0.717) is 12.2 Å². The highest BCUT2D eigenvalue weighted by molar-refractivity contribution is 4.66. The van der Waals surface area contributed by atoms with Crippen LogP contribution in [-0.2, 0) is 9.47 Å². The summed E-state index contributed by atoms with van der Waals surface area (Å²) < 4.78 is 10.8. The Bertz CT molecular complexity index is 209. The second kappa shape index (κ2) is 14.0. The van der Waals surface area contributed by atoms with Crippen LogP contribution in [0.1, 0.15) is 92.9 Å². The lowest BCUT2D eigenvalue weighted by atomic mass is 9.84. The third-order valence-electron chi connectivity index (χ3n) is 5.77. The van der Waals surface area contributed by atoms with Crippen molar-refractivity contribution in [3.8, 4) is 0 Å². The second-order valence-corrected chi connectivity index (χ2v) is 9.02.